The summed E-state index contributed by atoms with van der Waals surface area (Å²) in [4.78, 5) is 8.30. The van der Waals surface area contributed by atoms with E-state index >= 15 is 0 Å². The second-order valence-corrected chi connectivity index (χ2v) is 5.92. The minimum atomic E-state index is -0.424. The van der Waals surface area contributed by atoms with Gasteiger partial charge in [0.05, 0.1) is 17.9 Å². The van der Waals surface area contributed by atoms with Gasteiger partial charge in [-0.2, -0.15) is 5.10 Å². The molecule has 0 spiro atoms. The molecule has 8 heteroatoms. The maximum Gasteiger partial charge on any atom is 0.194 e. The van der Waals surface area contributed by atoms with Gasteiger partial charge >= 0.3 is 0 Å². The zero-order valence-electron chi connectivity index (χ0n) is 14.4. The van der Waals surface area contributed by atoms with E-state index in [9.17, 15) is 8.78 Å². The van der Waals surface area contributed by atoms with Gasteiger partial charge in [0.15, 0.2) is 5.96 Å². The van der Waals surface area contributed by atoms with Gasteiger partial charge in [-0.1, -0.05) is 0 Å². The number of hydrogen-bond acceptors (Lipinski definition) is 3. The molecular formula is C17H22F2N6. The summed E-state index contributed by atoms with van der Waals surface area (Å²) >= 11 is 0. The lowest BCUT2D eigenvalue weighted by molar-refractivity contribution is 0.370. The molecule has 1 aliphatic rings. The molecule has 2 aromatic rings. The average Bonchev–Trinajstić information content (AvgIpc) is 3.03. The summed E-state index contributed by atoms with van der Waals surface area (Å²) in [6, 6.07) is 5.51. The van der Waals surface area contributed by atoms with Crippen molar-refractivity contribution >= 4 is 11.6 Å². The standard InChI is InChI=1S/C17H22F2N6/c1-20-17(21-12-14-5-6-22-23(14)2)25-9-7-24(8-10-25)16-11-13(18)3-4-15(16)19/h3-6,11H,7-10,12H2,1-2H3,(H,20,21). The Kier molecular flexibility index (Phi) is 5.16. The molecule has 0 atom stereocenters. The Balaban J connectivity index is 1.59. The first-order chi connectivity index (χ1) is 12.1. The molecule has 1 fully saturated rings. The molecule has 1 aromatic heterocycles. The molecule has 1 aliphatic heterocycles. The maximum absolute atomic E-state index is 13.9. The fourth-order valence-corrected chi connectivity index (χ4v) is 2.96. The van der Waals surface area contributed by atoms with E-state index in [4.69, 9.17) is 0 Å². The summed E-state index contributed by atoms with van der Waals surface area (Å²) in [6.45, 7) is 3.20. The van der Waals surface area contributed by atoms with Crippen LogP contribution in [0.1, 0.15) is 5.69 Å². The second kappa shape index (κ2) is 7.50. The van der Waals surface area contributed by atoms with Gasteiger partial charge in [-0.3, -0.25) is 9.67 Å². The van der Waals surface area contributed by atoms with Gasteiger partial charge in [0.1, 0.15) is 11.6 Å². The first kappa shape index (κ1) is 17.2. The van der Waals surface area contributed by atoms with Crippen LogP contribution in [-0.2, 0) is 13.6 Å². The van der Waals surface area contributed by atoms with Crippen LogP contribution >= 0.6 is 0 Å². The van der Waals surface area contributed by atoms with Crippen molar-refractivity contribution in [3.63, 3.8) is 0 Å². The number of aliphatic imine (C=N–C) groups is 1. The number of piperazine rings is 1. The highest BCUT2D eigenvalue weighted by Crippen LogP contribution is 2.21. The van der Waals surface area contributed by atoms with Gasteiger partial charge < -0.3 is 15.1 Å². The molecular weight excluding hydrogens is 326 g/mol. The molecule has 2 heterocycles. The molecule has 25 heavy (non-hydrogen) atoms. The first-order valence-corrected chi connectivity index (χ1v) is 8.21. The number of guanidine groups is 1. The Labute approximate surface area is 145 Å². The number of hydrogen-bond donors (Lipinski definition) is 1. The fourth-order valence-electron chi connectivity index (χ4n) is 2.96. The quantitative estimate of drug-likeness (QED) is 0.676. The number of halogens is 2. The Hall–Kier alpha value is -2.64. The lowest BCUT2D eigenvalue weighted by Crippen LogP contribution is -2.52. The van der Waals surface area contributed by atoms with Crippen LogP contribution in [0.4, 0.5) is 14.5 Å². The van der Waals surface area contributed by atoms with Crippen molar-refractivity contribution in [2.24, 2.45) is 12.0 Å². The maximum atomic E-state index is 13.9. The van der Waals surface area contributed by atoms with Crippen molar-refractivity contribution in [2.75, 3.05) is 38.1 Å². The monoisotopic (exact) mass is 348 g/mol. The van der Waals surface area contributed by atoms with Crippen molar-refractivity contribution in [2.45, 2.75) is 6.54 Å². The normalized spacial score (nSPS) is 15.6. The van der Waals surface area contributed by atoms with Crippen molar-refractivity contribution in [1.29, 1.82) is 0 Å². The molecule has 1 saturated heterocycles. The molecule has 3 rings (SSSR count). The van der Waals surface area contributed by atoms with E-state index < -0.39 is 11.6 Å². The van der Waals surface area contributed by atoms with Crippen molar-refractivity contribution < 1.29 is 8.78 Å². The van der Waals surface area contributed by atoms with Gasteiger partial charge in [0, 0.05) is 52.5 Å². The van der Waals surface area contributed by atoms with Gasteiger partial charge in [-0.05, 0) is 18.2 Å². The lowest BCUT2D eigenvalue weighted by Gasteiger charge is -2.37. The fraction of sp³-hybridized carbons (Fsp3) is 0.412. The van der Waals surface area contributed by atoms with E-state index in [2.05, 4.69) is 20.3 Å². The molecule has 0 aliphatic carbocycles. The smallest absolute Gasteiger partial charge is 0.194 e. The summed E-state index contributed by atoms with van der Waals surface area (Å²) in [7, 11) is 3.64. The largest absolute Gasteiger partial charge is 0.366 e. The summed E-state index contributed by atoms with van der Waals surface area (Å²) in [5.74, 6) is -0.0263. The minimum Gasteiger partial charge on any atom is -0.366 e. The van der Waals surface area contributed by atoms with Crippen molar-refractivity contribution in [3.8, 4) is 0 Å². The predicted molar refractivity (Wildman–Crippen MR) is 93.6 cm³/mol. The lowest BCUT2D eigenvalue weighted by atomic mass is 10.2. The van der Waals surface area contributed by atoms with Gasteiger partial charge in [-0.15, -0.1) is 0 Å². The summed E-state index contributed by atoms with van der Waals surface area (Å²) < 4.78 is 29.1. The van der Waals surface area contributed by atoms with E-state index in [0.717, 1.165) is 17.7 Å². The molecule has 0 radical (unpaired) electrons. The highest BCUT2D eigenvalue weighted by molar-refractivity contribution is 5.80. The van der Waals surface area contributed by atoms with Crippen LogP contribution in [0.5, 0.6) is 0 Å². The summed E-state index contributed by atoms with van der Waals surface area (Å²) in [5, 5.41) is 7.46. The average molecular weight is 348 g/mol. The van der Waals surface area contributed by atoms with Gasteiger partial charge in [0.25, 0.3) is 0 Å². The topological polar surface area (TPSA) is 48.7 Å². The Morgan fingerprint density at radius 3 is 2.60 bits per heavy atom. The Morgan fingerprint density at radius 2 is 1.96 bits per heavy atom. The van der Waals surface area contributed by atoms with Crippen LogP contribution in [-0.4, -0.2) is 53.9 Å². The number of aromatic nitrogens is 2. The van der Waals surface area contributed by atoms with Crippen LogP contribution in [0.15, 0.2) is 35.5 Å². The van der Waals surface area contributed by atoms with Crippen LogP contribution < -0.4 is 10.2 Å². The molecule has 0 amide bonds. The zero-order valence-corrected chi connectivity index (χ0v) is 14.4. The zero-order chi connectivity index (χ0) is 17.8. The van der Waals surface area contributed by atoms with Crippen LogP contribution in [0.2, 0.25) is 0 Å². The minimum absolute atomic E-state index is 0.317. The summed E-state index contributed by atoms with van der Waals surface area (Å²) in [5.41, 5.74) is 1.37. The second-order valence-electron chi connectivity index (χ2n) is 5.92. The molecule has 0 bridgehead atoms. The molecule has 6 nitrogen and oxygen atoms in total. The molecule has 0 unspecified atom stereocenters. The van der Waals surface area contributed by atoms with Crippen LogP contribution in [0.3, 0.4) is 0 Å². The third-order valence-electron chi connectivity index (χ3n) is 4.39. The molecule has 0 saturated carbocycles. The SMILES string of the molecule is CN=C(NCc1ccnn1C)N1CCN(c2cc(F)ccc2F)CC1. The number of rotatable bonds is 3. The highest BCUT2D eigenvalue weighted by Gasteiger charge is 2.22. The number of anilines is 1. The molecule has 1 N–H and O–H groups in total. The summed E-state index contributed by atoms with van der Waals surface area (Å²) in [6.07, 6.45) is 1.76. The molecule has 1 aromatic carbocycles. The Bertz CT molecular complexity index is 749. The van der Waals surface area contributed by atoms with Crippen LogP contribution in [0, 0.1) is 11.6 Å². The third kappa shape index (κ3) is 3.89. The Morgan fingerprint density at radius 1 is 1.20 bits per heavy atom. The van der Waals surface area contributed by atoms with E-state index in [1.54, 1.807) is 13.2 Å². The third-order valence-corrected chi connectivity index (χ3v) is 4.39. The van der Waals surface area contributed by atoms with E-state index in [1.165, 1.54) is 12.1 Å². The van der Waals surface area contributed by atoms with Gasteiger partial charge in [-0.25, -0.2) is 8.78 Å². The molecule has 134 valence electrons. The van der Waals surface area contributed by atoms with Crippen LogP contribution in [0.25, 0.3) is 0 Å². The van der Waals surface area contributed by atoms with E-state index in [0.29, 0.717) is 38.4 Å². The van der Waals surface area contributed by atoms with E-state index in [1.807, 2.05) is 22.7 Å². The van der Waals surface area contributed by atoms with Crippen molar-refractivity contribution in [3.05, 3.63) is 47.8 Å². The predicted octanol–water partition coefficient (Wildman–Crippen LogP) is 1.60. The first-order valence-electron chi connectivity index (χ1n) is 8.21. The van der Waals surface area contributed by atoms with Crippen molar-refractivity contribution in [1.82, 2.24) is 20.0 Å². The number of aryl methyl sites for hydroxylation is 1. The van der Waals surface area contributed by atoms with E-state index in [-0.39, 0.29) is 0 Å². The number of nitrogens with zero attached hydrogens (tertiary/aromatic N) is 5. The highest BCUT2D eigenvalue weighted by atomic mass is 19.1. The number of benzene rings is 1. The van der Waals surface area contributed by atoms with Gasteiger partial charge in [0.2, 0.25) is 0 Å². The number of nitrogens with one attached hydrogen (secondary N) is 1.